The van der Waals surface area contributed by atoms with Gasteiger partial charge in [0.1, 0.15) is 0 Å². The van der Waals surface area contributed by atoms with Gasteiger partial charge in [0, 0.05) is 5.97 Å². The molecule has 0 N–H and O–H groups in total. The minimum atomic E-state index is -0.903. The third-order valence-electron chi connectivity index (χ3n) is 3.98. The molecular weight excluding hydrogens is 282 g/mol. The number of carbonyl (C=O) groups is 1. The SMILES string of the molecule is CCCCCCCCCCCCCCCCCC(=O)[O-].[Al+3].[Li+]. The van der Waals surface area contributed by atoms with Gasteiger partial charge in [-0.3, -0.25) is 0 Å². The fraction of sp³-hybridized carbons (Fsp3) is 0.944. The average molecular weight is 317 g/mol. The van der Waals surface area contributed by atoms with Crippen molar-refractivity contribution in [1.29, 1.82) is 0 Å². The third-order valence-corrected chi connectivity index (χ3v) is 3.98. The molecule has 0 radical (unpaired) electrons. The Labute approximate surface area is 161 Å². The van der Waals surface area contributed by atoms with Crippen LogP contribution in [0.5, 0.6) is 0 Å². The zero-order valence-corrected chi connectivity index (χ0v) is 16.4. The van der Waals surface area contributed by atoms with Crippen LogP contribution in [0.25, 0.3) is 0 Å². The molecule has 0 heterocycles. The molecule has 0 amide bonds. The molecule has 0 aliphatic rings. The minimum Gasteiger partial charge on any atom is -0.550 e. The van der Waals surface area contributed by atoms with E-state index in [2.05, 4.69) is 6.92 Å². The Morgan fingerprint density at radius 1 is 0.636 bits per heavy atom. The maximum Gasteiger partial charge on any atom is 3.00 e. The van der Waals surface area contributed by atoms with Gasteiger partial charge < -0.3 is 9.90 Å². The van der Waals surface area contributed by atoms with Crippen molar-refractivity contribution in [3.63, 3.8) is 0 Å². The zero-order valence-electron chi connectivity index (χ0n) is 15.2. The summed E-state index contributed by atoms with van der Waals surface area (Å²) in [6.45, 7) is 2.27. The number of carboxylic acids is 1. The molecule has 0 fully saturated rings. The van der Waals surface area contributed by atoms with Crippen LogP contribution in [-0.4, -0.2) is 23.3 Å². The first kappa shape index (κ1) is 27.4. The Morgan fingerprint density at radius 3 is 1.18 bits per heavy atom. The molecule has 0 rings (SSSR count). The van der Waals surface area contributed by atoms with Crippen LogP contribution in [0.3, 0.4) is 0 Å². The summed E-state index contributed by atoms with van der Waals surface area (Å²) >= 11 is 0. The van der Waals surface area contributed by atoms with E-state index in [1.54, 1.807) is 0 Å². The van der Waals surface area contributed by atoms with E-state index in [0.717, 1.165) is 12.8 Å². The van der Waals surface area contributed by atoms with E-state index in [4.69, 9.17) is 0 Å². The fourth-order valence-corrected chi connectivity index (χ4v) is 2.64. The van der Waals surface area contributed by atoms with Crippen LogP contribution in [0, 0.1) is 0 Å². The van der Waals surface area contributed by atoms with E-state index in [9.17, 15) is 9.90 Å². The van der Waals surface area contributed by atoms with Gasteiger partial charge in [-0.2, -0.15) is 0 Å². The van der Waals surface area contributed by atoms with E-state index in [1.165, 1.54) is 83.5 Å². The van der Waals surface area contributed by atoms with E-state index >= 15 is 0 Å². The first-order valence-corrected chi connectivity index (χ1v) is 8.97. The molecule has 0 unspecified atom stereocenters. The summed E-state index contributed by atoms with van der Waals surface area (Å²) in [5.41, 5.74) is 0. The molecule has 2 nitrogen and oxygen atoms in total. The van der Waals surface area contributed by atoms with Crippen molar-refractivity contribution in [2.75, 3.05) is 0 Å². The molecule has 0 aromatic rings. The van der Waals surface area contributed by atoms with Gasteiger partial charge in [0.2, 0.25) is 0 Å². The predicted octanol–water partition coefficient (Wildman–Crippen LogP) is 1.62. The molecule has 0 aromatic heterocycles. The van der Waals surface area contributed by atoms with Crippen LogP contribution >= 0.6 is 0 Å². The number of hydrogen-bond acceptors (Lipinski definition) is 2. The molecule has 0 bridgehead atoms. The summed E-state index contributed by atoms with van der Waals surface area (Å²) in [6, 6.07) is 0. The molecule has 22 heavy (non-hydrogen) atoms. The molecule has 120 valence electrons. The average Bonchev–Trinajstić information content (AvgIpc) is 2.43. The van der Waals surface area contributed by atoms with Gasteiger partial charge in [-0.05, 0) is 12.8 Å². The Hall–Kier alpha value is 0.600. The topological polar surface area (TPSA) is 40.1 Å². The monoisotopic (exact) mass is 317 g/mol. The van der Waals surface area contributed by atoms with Crippen LogP contribution in [0.15, 0.2) is 0 Å². The summed E-state index contributed by atoms with van der Waals surface area (Å²) in [6.07, 6.45) is 19.9. The van der Waals surface area contributed by atoms with E-state index in [0.29, 0.717) is 0 Å². The Morgan fingerprint density at radius 2 is 0.909 bits per heavy atom. The van der Waals surface area contributed by atoms with E-state index < -0.39 is 5.97 Å². The van der Waals surface area contributed by atoms with E-state index in [-0.39, 0.29) is 42.6 Å². The Kier molecular flexibility index (Phi) is 29.8. The molecule has 0 aromatic carbocycles. The van der Waals surface area contributed by atoms with Gasteiger partial charge >= 0.3 is 36.2 Å². The number of rotatable bonds is 16. The number of carboxylic acid groups (broad SMARTS) is 1. The maximum atomic E-state index is 10.2. The normalized spacial score (nSPS) is 9.86. The second-order valence-electron chi connectivity index (χ2n) is 6.07. The van der Waals surface area contributed by atoms with Crippen molar-refractivity contribution in [3.05, 3.63) is 0 Å². The quantitative estimate of drug-likeness (QED) is 0.321. The molecule has 0 aliphatic heterocycles. The van der Waals surface area contributed by atoms with Gasteiger partial charge in [-0.25, -0.2) is 0 Å². The van der Waals surface area contributed by atoms with Crippen molar-refractivity contribution >= 4 is 23.3 Å². The second-order valence-corrected chi connectivity index (χ2v) is 6.07. The standard InChI is InChI=1S/C18H36O2.Al.Li/c1-2-3-4-5-6-7-8-9-10-11-12-13-14-15-16-17-18(19)20;;/h2-17H2,1H3,(H,19,20);;/q;+3;+1/p-1. The molecule has 0 saturated heterocycles. The largest absolute Gasteiger partial charge is 3.00 e. The molecule has 0 atom stereocenters. The van der Waals surface area contributed by atoms with Gasteiger partial charge in [0.15, 0.2) is 0 Å². The Bertz CT molecular complexity index is 213. The number of carbonyl (C=O) groups excluding carboxylic acids is 1. The van der Waals surface area contributed by atoms with Gasteiger partial charge in [-0.1, -0.05) is 96.8 Å². The number of aliphatic carboxylic acids is 1. The summed E-state index contributed by atoms with van der Waals surface area (Å²) in [5.74, 6) is -0.903. The van der Waals surface area contributed by atoms with Crippen LogP contribution in [-0.2, 0) is 4.79 Å². The maximum absolute atomic E-state index is 10.2. The van der Waals surface area contributed by atoms with Crippen LogP contribution in [0.1, 0.15) is 110 Å². The second kappa shape index (κ2) is 23.9. The first-order chi connectivity index (χ1) is 9.77. The van der Waals surface area contributed by atoms with Crippen molar-refractivity contribution in [2.45, 2.75) is 110 Å². The molecule has 0 spiro atoms. The molecule has 4 heteroatoms. The van der Waals surface area contributed by atoms with Crippen molar-refractivity contribution in [3.8, 4) is 0 Å². The molecule has 0 saturated carbocycles. The van der Waals surface area contributed by atoms with Crippen LogP contribution in [0.2, 0.25) is 0 Å². The summed E-state index contributed by atoms with van der Waals surface area (Å²) < 4.78 is 0. The van der Waals surface area contributed by atoms with E-state index in [1.807, 2.05) is 0 Å². The third kappa shape index (κ3) is 25.5. The predicted molar refractivity (Wildman–Crippen MR) is 90.3 cm³/mol. The van der Waals surface area contributed by atoms with Crippen LogP contribution in [0.4, 0.5) is 0 Å². The zero-order chi connectivity index (χ0) is 14.9. The molecule has 0 aliphatic carbocycles. The van der Waals surface area contributed by atoms with Crippen molar-refractivity contribution in [1.82, 2.24) is 0 Å². The number of hydrogen-bond donors (Lipinski definition) is 0. The van der Waals surface area contributed by atoms with Crippen LogP contribution < -0.4 is 24.0 Å². The minimum absolute atomic E-state index is 0. The first-order valence-electron chi connectivity index (χ1n) is 8.97. The summed E-state index contributed by atoms with van der Waals surface area (Å²) in [4.78, 5) is 10.2. The summed E-state index contributed by atoms with van der Waals surface area (Å²) in [5, 5.41) is 10.2. The van der Waals surface area contributed by atoms with Gasteiger partial charge in [0.05, 0.1) is 0 Å². The molecular formula is C18H35AlLiO2+3. The van der Waals surface area contributed by atoms with Gasteiger partial charge in [-0.15, -0.1) is 0 Å². The smallest absolute Gasteiger partial charge is 0.550 e. The summed E-state index contributed by atoms with van der Waals surface area (Å²) in [7, 11) is 0. The van der Waals surface area contributed by atoms with Gasteiger partial charge in [0.25, 0.3) is 0 Å². The fourth-order valence-electron chi connectivity index (χ4n) is 2.64. The van der Waals surface area contributed by atoms with Crippen molar-refractivity contribution < 1.29 is 28.8 Å². The number of unbranched alkanes of at least 4 members (excludes halogenated alkanes) is 14. The van der Waals surface area contributed by atoms with Crippen molar-refractivity contribution in [2.24, 2.45) is 0 Å². The Balaban J connectivity index is -0.00000180.